The lowest BCUT2D eigenvalue weighted by molar-refractivity contribution is -0.148. The summed E-state index contributed by atoms with van der Waals surface area (Å²) in [4.78, 5) is 28.1. The Morgan fingerprint density at radius 2 is 1.97 bits per heavy atom. The molecule has 2 aliphatic rings. The minimum Gasteiger partial charge on any atom is -0.465 e. The van der Waals surface area contributed by atoms with Crippen LogP contribution in [0, 0.1) is 5.92 Å². The van der Waals surface area contributed by atoms with E-state index in [1.54, 1.807) is 6.08 Å². The molecule has 1 saturated heterocycles. The molecule has 5 heteroatoms. The number of esters is 1. The van der Waals surface area contributed by atoms with E-state index in [0.717, 1.165) is 22.9 Å². The number of rotatable bonds is 7. The van der Waals surface area contributed by atoms with Crippen molar-refractivity contribution in [2.24, 2.45) is 5.92 Å². The van der Waals surface area contributed by atoms with E-state index in [9.17, 15) is 9.59 Å². The third-order valence-corrected chi connectivity index (χ3v) is 6.93. The van der Waals surface area contributed by atoms with Gasteiger partial charge in [-0.25, -0.2) is 0 Å². The molecular formula is C27H38N2O3. The molecule has 5 nitrogen and oxygen atoms in total. The van der Waals surface area contributed by atoms with Crippen LogP contribution in [0.5, 0.6) is 0 Å². The zero-order valence-corrected chi connectivity index (χ0v) is 19.0. The summed E-state index contributed by atoms with van der Waals surface area (Å²) in [6.07, 6.45) is 8.65. The van der Waals surface area contributed by atoms with Crippen LogP contribution in [0.25, 0.3) is 16.8 Å². The fourth-order valence-electron chi connectivity index (χ4n) is 5.37. The molecule has 0 aromatic heterocycles. The number of benzene rings is 2. The maximum atomic E-state index is 13.2. The summed E-state index contributed by atoms with van der Waals surface area (Å²) < 4.78 is 5.36. The predicted molar refractivity (Wildman–Crippen MR) is 133 cm³/mol. The first-order chi connectivity index (χ1) is 15.6. The fourth-order valence-corrected chi connectivity index (χ4v) is 5.37. The number of likely N-dealkylation sites (tertiary alicyclic amines) is 1. The number of fused-ring (bicyclic) bond motifs is 1. The normalized spacial score (nSPS) is 22.0. The number of ether oxygens (including phenoxy) is 1. The third-order valence-electron chi connectivity index (χ3n) is 6.93. The van der Waals surface area contributed by atoms with Crippen molar-refractivity contribution in [2.75, 3.05) is 19.7 Å². The molecule has 2 aromatic rings. The summed E-state index contributed by atoms with van der Waals surface area (Å²) in [5.41, 5.74) is 1.47. The average molecular weight is 439 g/mol. The second-order valence-corrected chi connectivity index (χ2v) is 9.08. The third kappa shape index (κ3) is 4.88. The summed E-state index contributed by atoms with van der Waals surface area (Å²) in [6.45, 7) is 7.75. The first-order valence-corrected chi connectivity index (χ1v) is 12.0. The van der Waals surface area contributed by atoms with Gasteiger partial charge in [-0.05, 0) is 54.5 Å². The second-order valence-electron chi connectivity index (χ2n) is 9.08. The van der Waals surface area contributed by atoms with E-state index in [1.165, 1.54) is 32.1 Å². The maximum absolute atomic E-state index is 13.2. The highest BCUT2D eigenvalue weighted by molar-refractivity contribution is 6.05. The Labute approximate surface area is 193 Å². The molecule has 1 amide bonds. The van der Waals surface area contributed by atoms with Crippen LogP contribution in [0.3, 0.4) is 0 Å². The van der Waals surface area contributed by atoms with Crippen LogP contribution in [0.4, 0.5) is 0 Å². The van der Waals surface area contributed by atoms with Crippen LogP contribution < -0.4 is 5.32 Å². The molecule has 0 spiro atoms. The van der Waals surface area contributed by atoms with Gasteiger partial charge in [-0.3, -0.25) is 14.5 Å². The lowest BCUT2D eigenvalue weighted by Gasteiger charge is -2.29. The van der Waals surface area contributed by atoms with Crippen LogP contribution in [0.1, 0.15) is 64.2 Å². The number of nitrogens with one attached hydrogen (secondary N) is 1. The van der Waals surface area contributed by atoms with Gasteiger partial charge in [0.15, 0.2) is 0 Å². The molecule has 1 aliphatic heterocycles. The molecule has 2 fully saturated rings. The molecular weight excluding hydrogens is 400 g/mol. The van der Waals surface area contributed by atoms with Crippen LogP contribution in [0.2, 0.25) is 0 Å². The number of amides is 1. The number of hydrogen-bond acceptors (Lipinski definition) is 4. The predicted octanol–water partition coefficient (Wildman–Crippen LogP) is 5.29. The Morgan fingerprint density at radius 3 is 2.72 bits per heavy atom. The van der Waals surface area contributed by atoms with Crippen LogP contribution in [-0.4, -0.2) is 48.6 Å². The molecule has 4 rings (SSSR count). The van der Waals surface area contributed by atoms with Crippen molar-refractivity contribution >= 4 is 28.7 Å². The Hall–Kier alpha value is -2.66. The molecule has 174 valence electrons. The van der Waals surface area contributed by atoms with E-state index in [-0.39, 0.29) is 26.8 Å². The van der Waals surface area contributed by atoms with Crippen LogP contribution in [0.15, 0.2) is 43.0 Å². The molecule has 1 N–H and O–H groups in total. The van der Waals surface area contributed by atoms with E-state index < -0.39 is 0 Å². The molecule has 1 aliphatic carbocycles. The summed E-state index contributed by atoms with van der Waals surface area (Å²) >= 11 is 0. The Morgan fingerprint density at radius 1 is 1.19 bits per heavy atom. The summed E-state index contributed by atoms with van der Waals surface area (Å²) in [5, 5.41) is 5.30. The lowest BCUT2D eigenvalue weighted by atomic mass is 9.89. The molecule has 0 radical (unpaired) electrons. The Balaban J connectivity index is 0.00000204. The van der Waals surface area contributed by atoms with Gasteiger partial charge in [0.25, 0.3) is 5.91 Å². The molecule has 0 unspecified atom stereocenters. The average Bonchev–Trinajstić information content (AvgIpc) is 3.21. The number of carbonyl (C=O) groups is 2. The van der Waals surface area contributed by atoms with Gasteiger partial charge < -0.3 is 10.1 Å². The first kappa shape index (κ1) is 22.5. The highest BCUT2D eigenvalue weighted by Crippen LogP contribution is 2.29. The fraction of sp³-hybridized carbons (Fsp3) is 0.481. The van der Waals surface area contributed by atoms with Crippen molar-refractivity contribution in [3.63, 3.8) is 0 Å². The van der Waals surface area contributed by atoms with Gasteiger partial charge in [-0.15, -0.1) is 0 Å². The molecule has 0 bridgehead atoms. The topological polar surface area (TPSA) is 58.6 Å². The summed E-state index contributed by atoms with van der Waals surface area (Å²) in [6, 6.07) is 11.5. The van der Waals surface area contributed by atoms with E-state index in [0.29, 0.717) is 31.1 Å². The molecule has 1 saturated carbocycles. The monoisotopic (exact) mass is 438 g/mol. The highest BCUT2D eigenvalue weighted by Gasteiger charge is 2.39. The number of nitrogens with zero attached hydrogens (tertiary/aromatic N) is 1. The van der Waals surface area contributed by atoms with E-state index in [1.807, 2.05) is 43.3 Å². The molecule has 2 aromatic carbocycles. The smallest absolute Gasteiger partial charge is 0.323 e. The Kier molecular flexibility index (Phi) is 7.26. The van der Waals surface area contributed by atoms with Gasteiger partial charge >= 0.3 is 5.97 Å². The van der Waals surface area contributed by atoms with Crippen molar-refractivity contribution < 1.29 is 17.2 Å². The van der Waals surface area contributed by atoms with Crippen LogP contribution >= 0.6 is 0 Å². The van der Waals surface area contributed by atoms with Gasteiger partial charge in [0.2, 0.25) is 0 Å². The zero-order chi connectivity index (χ0) is 22.5. The summed E-state index contributed by atoms with van der Waals surface area (Å²) in [5.74, 6) is 0.346. The van der Waals surface area contributed by atoms with Gasteiger partial charge in [0.1, 0.15) is 6.04 Å². The van der Waals surface area contributed by atoms with Crippen molar-refractivity contribution in [1.82, 2.24) is 10.2 Å². The minimum atomic E-state index is -0.280. The van der Waals surface area contributed by atoms with E-state index in [4.69, 9.17) is 4.74 Å². The summed E-state index contributed by atoms with van der Waals surface area (Å²) in [7, 11) is 0. The Bertz CT molecular complexity index is 991. The standard InChI is InChI=1S/C27H34N2O3.2H2/c1-3-22-23-13-9-8-12-20(23)14-15-24(22)26(30)28-21-16-25(27(31)32-4-2)29(18-21)17-19-10-6-5-7-11-19;;/h3,8-9,12-15,19,21,25H,1,4-7,10-11,16-18H2,2H3,(H,28,30);2*1H/t21-,25+;;/m1../s1. The lowest BCUT2D eigenvalue weighted by Crippen LogP contribution is -2.41. The maximum Gasteiger partial charge on any atom is 0.323 e. The van der Waals surface area contributed by atoms with Crippen molar-refractivity contribution in [2.45, 2.75) is 57.5 Å². The highest BCUT2D eigenvalue weighted by atomic mass is 16.5. The van der Waals surface area contributed by atoms with Gasteiger partial charge in [-0.2, -0.15) is 0 Å². The first-order valence-electron chi connectivity index (χ1n) is 12.0. The second kappa shape index (κ2) is 10.3. The van der Waals surface area contributed by atoms with Crippen molar-refractivity contribution in [1.29, 1.82) is 0 Å². The van der Waals surface area contributed by atoms with Gasteiger partial charge in [-0.1, -0.05) is 62.2 Å². The van der Waals surface area contributed by atoms with Crippen molar-refractivity contribution in [3.05, 3.63) is 54.1 Å². The van der Waals surface area contributed by atoms with Crippen molar-refractivity contribution in [3.8, 4) is 0 Å². The molecule has 32 heavy (non-hydrogen) atoms. The van der Waals surface area contributed by atoms with Gasteiger partial charge in [0.05, 0.1) is 6.61 Å². The number of carbonyl (C=O) groups excluding carboxylic acids is 2. The van der Waals surface area contributed by atoms with Gasteiger partial charge in [0, 0.05) is 27.5 Å². The zero-order valence-electron chi connectivity index (χ0n) is 19.0. The minimum absolute atomic E-state index is 0. The van der Waals surface area contributed by atoms with E-state index in [2.05, 4.69) is 16.8 Å². The number of hydrogen-bond donors (Lipinski definition) is 1. The quantitative estimate of drug-likeness (QED) is 0.597. The van der Waals surface area contributed by atoms with Crippen LogP contribution in [-0.2, 0) is 9.53 Å². The molecule has 2 atom stereocenters. The SMILES string of the molecule is C=Cc1c(C(=O)N[C@@H]2C[C@@H](C(=O)OCC)N(CC3CCCCC3)C2)ccc2ccccc12.[HH].[HH]. The molecule has 1 heterocycles. The largest absolute Gasteiger partial charge is 0.465 e. The van der Waals surface area contributed by atoms with E-state index >= 15 is 0 Å².